The molecule has 1 N–H and O–H groups in total. The highest BCUT2D eigenvalue weighted by molar-refractivity contribution is 8.02. The average molecular weight is 652 g/mol. The van der Waals surface area contributed by atoms with Gasteiger partial charge >= 0.3 is 0 Å². The second-order valence-corrected chi connectivity index (χ2v) is 14.7. The van der Waals surface area contributed by atoms with Crippen molar-refractivity contribution in [3.05, 3.63) is 104 Å². The Hall–Kier alpha value is -3.88. The summed E-state index contributed by atoms with van der Waals surface area (Å²) in [7, 11) is 0. The van der Waals surface area contributed by atoms with E-state index in [-0.39, 0.29) is 35.5 Å². The number of fused-ring (bicyclic) bond motifs is 2. The molecule has 3 saturated heterocycles. The SMILES string of the molecule is C=CCN(Cc1ccccc1)C(=O)[C@@H]1[C@H]2C(=O)N(CCCCCO)C(C(=O)N(CC=C)c3ccc4ccccc4c3)C23S[C@@H]1CC3C. The Morgan fingerprint density at radius 1 is 0.957 bits per heavy atom. The maximum Gasteiger partial charge on any atom is 0.251 e. The van der Waals surface area contributed by atoms with Gasteiger partial charge in [0.2, 0.25) is 11.8 Å². The van der Waals surface area contributed by atoms with Gasteiger partial charge in [-0.05, 0) is 60.1 Å². The van der Waals surface area contributed by atoms with Crippen LogP contribution in [0.2, 0.25) is 0 Å². The molecule has 0 aromatic heterocycles. The van der Waals surface area contributed by atoms with E-state index in [1.165, 1.54) is 0 Å². The minimum Gasteiger partial charge on any atom is -0.396 e. The summed E-state index contributed by atoms with van der Waals surface area (Å²) in [5, 5.41) is 11.5. The predicted molar refractivity (Wildman–Crippen MR) is 190 cm³/mol. The number of hydrogen-bond acceptors (Lipinski definition) is 5. The maximum absolute atomic E-state index is 15.1. The van der Waals surface area contributed by atoms with Crippen LogP contribution in [0.5, 0.6) is 0 Å². The number of carbonyl (C=O) groups is 3. The van der Waals surface area contributed by atoms with E-state index in [4.69, 9.17) is 0 Å². The first kappa shape index (κ1) is 33.0. The van der Waals surface area contributed by atoms with Gasteiger partial charge in [-0.3, -0.25) is 14.4 Å². The number of likely N-dealkylation sites (tertiary alicyclic amines) is 1. The molecule has 3 aromatic rings. The first-order valence-corrected chi connectivity index (χ1v) is 17.7. The fourth-order valence-corrected chi connectivity index (χ4v) is 10.6. The Morgan fingerprint density at radius 3 is 2.40 bits per heavy atom. The van der Waals surface area contributed by atoms with Crippen molar-refractivity contribution in [2.45, 2.75) is 55.2 Å². The molecule has 0 saturated carbocycles. The van der Waals surface area contributed by atoms with Crippen LogP contribution in [-0.4, -0.2) is 74.9 Å². The highest BCUT2D eigenvalue weighted by Gasteiger charge is 2.76. The molecule has 1 spiro atoms. The zero-order valence-corrected chi connectivity index (χ0v) is 28.0. The summed E-state index contributed by atoms with van der Waals surface area (Å²) < 4.78 is -0.723. The quantitative estimate of drug-likeness (QED) is 0.169. The molecule has 3 aliphatic rings. The minimum absolute atomic E-state index is 0.0378. The number of nitrogens with zero attached hydrogens (tertiary/aromatic N) is 3. The second kappa shape index (κ2) is 14.1. The number of amides is 3. The average Bonchev–Trinajstić information content (AvgIpc) is 3.68. The third kappa shape index (κ3) is 5.91. The van der Waals surface area contributed by atoms with Gasteiger partial charge in [-0.25, -0.2) is 0 Å². The van der Waals surface area contributed by atoms with E-state index < -0.39 is 22.6 Å². The summed E-state index contributed by atoms with van der Waals surface area (Å²) in [5.74, 6) is -1.30. The zero-order chi connectivity index (χ0) is 33.1. The van der Waals surface area contributed by atoms with Crippen molar-refractivity contribution in [1.82, 2.24) is 9.80 Å². The molecule has 3 aromatic carbocycles. The van der Waals surface area contributed by atoms with Crippen molar-refractivity contribution >= 4 is 45.9 Å². The first-order chi connectivity index (χ1) is 22.8. The van der Waals surface area contributed by atoms with Crippen LogP contribution in [0.1, 0.15) is 38.2 Å². The fraction of sp³-hybridized carbons (Fsp3) is 0.410. The molecule has 0 aliphatic carbocycles. The fourth-order valence-electron chi connectivity index (χ4n) is 8.24. The van der Waals surface area contributed by atoms with Crippen LogP contribution in [0.4, 0.5) is 5.69 Å². The molecule has 2 bridgehead atoms. The standard InChI is InChI=1S/C39H45N3O4S/c1-4-20-40(26-28-14-8-6-9-15-28)36(44)33-32-24-27(3)39(47-32)34(33)37(45)42(22-12-7-13-23-43)35(39)38(46)41(21-5-2)31-19-18-29-16-10-11-17-30(29)25-31/h4-6,8-11,14-19,25,27,32-35,43H,1-2,7,12-13,20-24,26H2,3H3/t27?,32-,33+,34+,35?,39?/m1/s1. The molecule has 8 heteroatoms. The van der Waals surface area contributed by atoms with E-state index in [2.05, 4.69) is 20.1 Å². The lowest BCUT2D eigenvalue weighted by atomic mass is 9.65. The normalized spacial score (nSPS) is 26.0. The van der Waals surface area contributed by atoms with Gasteiger partial charge in [0.05, 0.1) is 16.6 Å². The van der Waals surface area contributed by atoms with E-state index >= 15 is 4.79 Å². The predicted octanol–water partition coefficient (Wildman–Crippen LogP) is 6.07. The summed E-state index contributed by atoms with van der Waals surface area (Å²) in [6.07, 6.45) is 6.31. The maximum atomic E-state index is 15.1. The topological polar surface area (TPSA) is 81.2 Å². The van der Waals surface area contributed by atoms with Gasteiger partial charge in [0, 0.05) is 43.7 Å². The molecule has 3 fully saturated rings. The molecule has 3 unspecified atom stereocenters. The van der Waals surface area contributed by atoms with E-state index in [9.17, 15) is 14.7 Å². The minimum atomic E-state index is -0.723. The molecule has 3 heterocycles. The molecule has 6 atom stereocenters. The molecule has 3 amide bonds. The Labute approximate surface area is 282 Å². The van der Waals surface area contributed by atoms with Crippen molar-refractivity contribution in [1.29, 1.82) is 0 Å². The van der Waals surface area contributed by atoms with Crippen molar-refractivity contribution in [3.8, 4) is 0 Å². The summed E-state index contributed by atoms with van der Waals surface area (Å²) >= 11 is 1.71. The monoisotopic (exact) mass is 651 g/mol. The van der Waals surface area contributed by atoms with Crippen molar-refractivity contribution in [2.75, 3.05) is 31.1 Å². The van der Waals surface area contributed by atoms with Crippen LogP contribution in [0, 0.1) is 17.8 Å². The Bertz CT molecular complexity index is 1650. The van der Waals surface area contributed by atoms with Crippen LogP contribution in [0.25, 0.3) is 10.8 Å². The number of anilines is 1. The van der Waals surface area contributed by atoms with Crippen LogP contribution >= 0.6 is 11.8 Å². The Kier molecular flexibility index (Phi) is 9.90. The number of benzene rings is 3. The van der Waals surface area contributed by atoms with Crippen LogP contribution < -0.4 is 4.90 Å². The summed E-state index contributed by atoms with van der Waals surface area (Å²) in [5.41, 5.74) is 1.78. The Balaban J connectivity index is 1.39. The van der Waals surface area contributed by atoms with Crippen LogP contribution in [0.3, 0.4) is 0 Å². The molecule has 47 heavy (non-hydrogen) atoms. The van der Waals surface area contributed by atoms with Gasteiger partial charge < -0.3 is 19.8 Å². The third-order valence-corrected chi connectivity index (χ3v) is 12.4. The van der Waals surface area contributed by atoms with Gasteiger partial charge in [0.15, 0.2) is 0 Å². The van der Waals surface area contributed by atoms with Crippen molar-refractivity contribution in [2.24, 2.45) is 17.8 Å². The highest BCUT2D eigenvalue weighted by atomic mass is 32.2. The lowest BCUT2D eigenvalue weighted by molar-refractivity contribution is -0.144. The molecule has 0 radical (unpaired) electrons. The number of aliphatic hydroxyl groups is 1. The lowest BCUT2D eigenvalue weighted by Gasteiger charge is -2.41. The molecule has 6 rings (SSSR count). The van der Waals surface area contributed by atoms with Gasteiger partial charge in [0.1, 0.15) is 6.04 Å². The first-order valence-electron chi connectivity index (χ1n) is 16.8. The Morgan fingerprint density at radius 2 is 1.68 bits per heavy atom. The second-order valence-electron chi connectivity index (χ2n) is 13.1. The zero-order valence-electron chi connectivity index (χ0n) is 27.2. The smallest absolute Gasteiger partial charge is 0.251 e. The number of carbonyl (C=O) groups excluding carboxylic acids is 3. The number of hydrogen-bond donors (Lipinski definition) is 1. The van der Waals surface area contributed by atoms with Gasteiger partial charge in [-0.15, -0.1) is 24.9 Å². The summed E-state index contributed by atoms with van der Waals surface area (Å²) in [6, 6.07) is 23.3. The van der Waals surface area contributed by atoms with Crippen molar-refractivity contribution < 1.29 is 19.5 Å². The van der Waals surface area contributed by atoms with E-state index in [0.29, 0.717) is 39.0 Å². The van der Waals surface area contributed by atoms with Crippen molar-refractivity contribution in [3.63, 3.8) is 0 Å². The number of unbranched alkanes of at least 4 members (excludes halogenated alkanes) is 2. The lowest BCUT2D eigenvalue weighted by Crippen LogP contribution is -2.57. The summed E-state index contributed by atoms with van der Waals surface area (Å²) in [6.45, 7) is 11.7. The molecular formula is C39H45N3O4S. The largest absolute Gasteiger partial charge is 0.396 e. The van der Waals surface area contributed by atoms with Gasteiger partial charge in [-0.1, -0.05) is 79.7 Å². The van der Waals surface area contributed by atoms with E-state index in [0.717, 1.165) is 34.9 Å². The number of aliphatic hydroxyl groups excluding tert-OH is 1. The van der Waals surface area contributed by atoms with Gasteiger partial charge in [-0.2, -0.15) is 0 Å². The van der Waals surface area contributed by atoms with E-state index in [1.807, 2.05) is 77.7 Å². The van der Waals surface area contributed by atoms with Crippen LogP contribution in [-0.2, 0) is 20.9 Å². The van der Waals surface area contributed by atoms with E-state index in [1.54, 1.807) is 33.7 Å². The molecule has 246 valence electrons. The van der Waals surface area contributed by atoms with Gasteiger partial charge in [0.25, 0.3) is 5.91 Å². The third-order valence-electron chi connectivity index (χ3n) is 10.3. The highest BCUT2D eigenvalue weighted by Crippen LogP contribution is 2.69. The van der Waals surface area contributed by atoms with Crippen LogP contribution in [0.15, 0.2) is 98.1 Å². The molecule has 7 nitrogen and oxygen atoms in total. The number of rotatable bonds is 14. The molecular weight excluding hydrogens is 607 g/mol. The molecule has 3 aliphatic heterocycles. The summed E-state index contributed by atoms with van der Waals surface area (Å²) in [4.78, 5) is 49.7. The number of thioether (sulfide) groups is 1.